The van der Waals surface area contributed by atoms with Gasteiger partial charge in [0.1, 0.15) is 6.54 Å². The second-order valence-electron chi connectivity index (χ2n) is 8.65. The van der Waals surface area contributed by atoms with E-state index in [9.17, 15) is 19.2 Å². The minimum Gasteiger partial charge on any atom is -0.345 e. The number of carbonyl (C=O) groups excluding carboxylic acids is 4. The van der Waals surface area contributed by atoms with Crippen molar-refractivity contribution < 1.29 is 19.2 Å². The van der Waals surface area contributed by atoms with Crippen LogP contribution < -0.4 is 10.6 Å². The summed E-state index contributed by atoms with van der Waals surface area (Å²) in [7, 11) is 0. The van der Waals surface area contributed by atoms with Crippen molar-refractivity contribution in [2.45, 2.75) is 45.1 Å². The second kappa shape index (κ2) is 8.94. The normalized spacial score (nSPS) is 18.1. The average molecular weight is 434 g/mol. The predicted molar refractivity (Wildman–Crippen MR) is 120 cm³/mol. The van der Waals surface area contributed by atoms with E-state index in [1.807, 2.05) is 37.3 Å². The summed E-state index contributed by atoms with van der Waals surface area (Å²) in [6.07, 6.45) is 3.47. The van der Waals surface area contributed by atoms with Crippen molar-refractivity contribution in [3.8, 4) is 0 Å². The summed E-state index contributed by atoms with van der Waals surface area (Å²) in [5, 5.41) is 5.64. The van der Waals surface area contributed by atoms with Crippen LogP contribution in [0.2, 0.25) is 0 Å². The SMILES string of the molecule is C[C@H](NC(=O)c1ccccc1NC(=O)CN1C(=O)CC2(CCCC2)C1=O)c1ccccc1. The van der Waals surface area contributed by atoms with Gasteiger partial charge in [-0.2, -0.15) is 0 Å². The highest BCUT2D eigenvalue weighted by Gasteiger charge is 2.52. The summed E-state index contributed by atoms with van der Waals surface area (Å²) in [6, 6.07) is 16.1. The Kier molecular flexibility index (Phi) is 6.08. The lowest BCUT2D eigenvalue weighted by Gasteiger charge is -2.21. The molecule has 2 N–H and O–H groups in total. The van der Waals surface area contributed by atoms with Gasteiger partial charge in [-0.25, -0.2) is 0 Å². The lowest BCUT2D eigenvalue weighted by molar-refractivity contribution is -0.143. The third-order valence-corrected chi connectivity index (χ3v) is 6.44. The molecular weight excluding hydrogens is 406 g/mol. The van der Waals surface area contributed by atoms with Crippen LogP contribution in [0.4, 0.5) is 5.69 Å². The highest BCUT2D eigenvalue weighted by Crippen LogP contribution is 2.46. The molecule has 2 aliphatic rings. The van der Waals surface area contributed by atoms with Gasteiger partial charge in [-0.3, -0.25) is 24.1 Å². The number of hydrogen-bond donors (Lipinski definition) is 2. The molecule has 1 saturated carbocycles. The maximum atomic E-state index is 12.9. The van der Waals surface area contributed by atoms with Gasteiger partial charge in [0.05, 0.1) is 22.7 Å². The molecular formula is C25H27N3O4. The number of imide groups is 1. The van der Waals surface area contributed by atoms with Crippen molar-refractivity contribution in [2.75, 3.05) is 11.9 Å². The van der Waals surface area contributed by atoms with Gasteiger partial charge in [-0.05, 0) is 37.5 Å². The van der Waals surface area contributed by atoms with Gasteiger partial charge in [0.2, 0.25) is 17.7 Å². The maximum absolute atomic E-state index is 12.9. The molecule has 1 atom stereocenters. The van der Waals surface area contributed by atoms with Crippen molar-refractivity contribution in [3.63, 3.8) is 0 Å². The largest absolute Gasteiger partial charge is 0.345 e. The zero-order valence-electron chi connectivity index (χ0n) is 18.1. The van der Waals surface area contributed by atoms with Crippen LogP contribution in [0.25, 0.3) is 0 Å². The minimum absolute atomic E-state index is 0.190. The third kappa shape index (κ3) is 4.28. The number of likely N-dealkylation sites (tertiary alicyclic amines) is 1. The van der Waals surface area contributed by atoms with Crippen LogP contribution in [0.5, 0.6) is 0 Å². The molecule has 4 rings (SSSR count). The molecule has 1 aliphatic carbocycles. The smallest absolute Gasteiger partial charge is 0.253 e. The Labute approximate surface area is 187 Å². The molecule has 1 heterocycles. The van der Waals surface area contributed by atoms with Gasteiger partial charge in [0.25, 0.3) is 5.91 Å². The number of hydrogen-bond acceptors (Lipinski definition) is 4. The number of para-hydroxylation sites is 1. The molecule has 2 aromatic rings. The molecule has 1 spiro atoms. The fourth-order valence-corrected chi connectivity index (χ4v) is 4.69. The molecule has 0 radical (unpaired) electrons. The van der Waals surface area contributed by atoms with Gasteiger partial charge in [-0.15, -0.1) is 0 Å². The molecule has 0 aromatic heterocycles. The summed E-state index contributed by atoms with van der Waals surface area (Å²) in [5.41, 5.74) is 1.01. The number of benzene rings is 2. The van der Waals surface area contributed by atoms with Crippen LogP contribution in [0, 0.1) is 5.41 Å². The van der Waals surface area contributed by atoms with Gasteiger partial charge < -0.3 is 10.6 Å². The summed E-state index contributed by atoms with van der Waals surface area (Å²) < 4.78 is 0. The zero-order valence-corrected chi connectivity index (χ0v) is 18.1. The number of anilines is 1. The van der Waals surface area contributed by atoms with Crippen molar-refractivity contribution in [1.29, 1.82) is 0 Å². The van der Waals surface area contributed by atoms with E-state index in [1.165, 1.54) is 0 Å². The molecule has 32 heavy (non-hydrogen) atoms. The molecule has 0 unspecified atom stereocenters. The molecule has 7 heteroatoms. The molecule has 7 nitrogen and oxygen atoms in total. The van der Waals surface area contributed by atoms with Crippen molar-refractivity contribution >= 4 is 29.3 Å². The van der Waals surface area contributed by atoms with Crippen molar-refractivity contribution in [1.82, 2.24) is 10.2 Å². The molecule has 4 amide bonds. The molecule has 1 aliphatic heterocycles. The summed E-state index contributed by atoms with van der Waals surface area (Å²) >= 11 is 0. The standard InChI is InChI=1S/C25H27N3O4/c1-17(18-9-3-2-4-10-18)26-23(31)19-11-5-6-12-20(19)27-21(29)16-28-22(30)15-25(24(28)32)13-7-8-14-25/h2-6,9-12,17H,7-8,13-16H2,1H3,(H,26,31)(H,27,29)/t17-/m0/s1. The average Bonchev–Trinajstić information content (AvgIpc) is 3.35. The zero-order chi connectivity index (χ0) is 22.7. The van der Waals surface area contributed by atoms with E-state index >= 15 is 0 Å². The van der Waals surface area contributed by atoms with Crippen LogP contribution in [0.3, 0.4) is 0 Å². The van der Waals surface area contributed by atoms with Crippen LogP contribution >= 0.6 is 0 Å². The highest BCUT2D eigenvalue weighted by atomic mass is 16.2. The first-order valence-corrected chi connectivity index (χ1v) is 11.0. The Morgan fingerprint density at radius 2 is 1.66 bits per heavy atom. The maximum Gasteiger partial charge on any atom is 0.253 e. The van der Waals surface area contributed by atoms with Gasteiger partial charge >= 0.3 is 0 Å². The number of nitrogens with one attached hydrogen (secondary N) is 2. The van der Waals surface area contributed by atoms with E-state index in [-0.39, 0.29) is 36.7 Å². The highest BCUT2D eigenvalue weighted by molar-refractivity contribution is 6.10. The van der Waals surface area contributed by atoms with E-state index < -0.39 is 11.3 Å². The quantitative estimate of drug-likeness (QED) is 0.682. The summed E-state index contributed by atoms with van der Waals surface area (Å²) in [4.78, 5) is 51.9. The van der Waals surface area contributed by atoms with Crippen LogP contribution in [0.1, 0.15) is 61.0 Å². The van der Waals surface area contributed by atoms with E-state index in [0.29, 0.717) is 24.1 Å². The van der Waals surface area contributed by atoms with Crippen molar-refractivity contribution in [2.24, 2.45) is 5.41 Å². The number of amides is 4. The summed E-state index contributed by atoms with van der Waals surface area (Å²) in [6.45, 7) is 1.55. The molecule has 2 fully saturated rings. The Balaban J connectivity index is 1.43. The number of carbonyl (C=O) groups is 4. The second-order valence-corrected chi connectivity index (χ2v) is 8.65. The fourth-order valence-electron chi connectivity index (χ4n) is 4.69. The molecule has 0 bridgehead atoms. The predicted octanol–water partition coefficient (Wildman–Crippen LogP) is 3.44. The van der Waals surface area contributed by atoms with E-state index in [1.54, 1.807) is 24.3 Å². The number of rotatable bonds is 6. The van der Waals surface area contributed by atoms with Gasteiger partial charge in [0.15, 0.2) is 0 Å². The number of nitrogens with zero attached hydrogens (tertiary/aromatic N) is 1. The monoisotopic (exact) mass is 433 g/mol. The van der Waals surface area contributed by atoms with Crippen LogP contribution in [-0.2, 0) is 14.4 Å². The fraction of sp³-hybridized carbons (Fsp3) is 0.360. The molecule has 166 valence electrons. The first-order valence-electron chi connectivity index (χ1n) is 11.0. The van der Waals surface area contributed by atoms with E-state index in [4.69, 9.17) is 0 Å². The van der Waals surface area contributed by atoms with Crippen LogP contribution in [-0.4, -0.2) is 35.1 Å². The lowest BCUT2D eigenvalue weighted by Crippen LogP contribution is -2.40. The topological polar surface area (TPSA) is 95.6 Å². The lowest BCUT2D eigenvalue weighted by atomic mass is 9.84. The van der Waals surface area contributed by atoms with Crippen LogP contribution in [0.15, 0.2) is 54.6 Å². The van der Waals surface area contributed by atoms with Gasteiger partial charge in [0, 0.05) is 6.42 Å². The van der Waals surface area contributed by atoms with E-state index in [2.05, 4.69) is 10.6 Å². The minimum atomic E-state index is -0.608. The molecule has 1 saturated heterocycles. The molecule has 2 aromatic carbocycles. The Morgan fingerprint density at radius 1 is 1.00 bits per heavy atom. The first kappa shape index (κ1) is 21.7. The van der Waals surface area contributed by atoms with Gasteiger partial charge in [-0.1, -0.05) is 55.3 Å². The summed E-state index contributed by atoms with van der Waals surface area (Å²) in [5.74, 6) is -1.36. The van der Waals surface area contributed by atoms with E-state index in [0.717, 1.165) is 23.3 Å². The first-order chi connectivity index (χ1) is 15.4. The third-order valence-electron chi connectivity index (χ3n) is 6.44. The Morgan fingerprint density at radius 3 is 2.38 bits per heavy atom. The Bertz CT molecular complexity index is 1040. The van der Waals surface area contributed by atoms with Crippen molar-refractivity contribution in [3.05, 3.63) is 65.7 Å². The Hall–Kier alpha value is -3.48.